The number of amides is 1. The van der Waals surface area contributed by atoms with Gasteiger partial charge in [0, 0.05) is 30.3 Å². The van der Waals surface area contributed by atoms with Gasteiger partial charge in [0.05, 0.1) is 44.4 Å². The highest BCUT2D eigenvalue weighted by atomic mass is 79.9. The van der Waals surface area contributed by atoms with Gasteiger partial charge in [-0.3, -0.25) is 9.36 Å². The minimum atomic E-state index is -1.85. The highest BCUT2D eigenvalue weighted by molar-refractivity contribution is 9.10. The fraction of sp³-hybridized carbons (Fsp3) is 0.333. The predicted octanol–water partition coefficient (Wildman–Crippen LogP) is 10.5. The van der Waals surface area contributed by atoms with Gasteiger partial charge in [-0.05, 0) is 102 Å². The van der Waals surface area contributed by atoms with Gasteiger partial charge < -0.3 is 38.0 Å². The van der Waals surface area contributed by atoms with Gasteiger partial charge in [-0.25, -0.2) is 9.46 Å². The number of aromatic nitrogens is 2. The van der Waals surface area contributed by atoms with Gasteiger partial charge >= 0.3 is 5.69 Å². The van der Waals surface area contributed by atoms with Gasteiger partial charge in [-0.1, -0.05) is 103 Å². The largest absolute Gasteiger partial charge is 0.497 e. The number of carbonyl (C=O) groups is 1. The lowest BCUT2D eigenvalue weighted by Gasteiger charge is -2.39. The summed E-state index contributed by atoms with van der Waals surface area (Å²) in [6.07, 6.45) is -1.49. The summed E-state index contributed by atoms with van der Waals surface area (Å²) in [5.74, 6) is 1.03. The number of anilines is 1. The van der Waals surface area contributed by atoms with Gasteiger partial charge in [0.25, 0.3) is 14.4 Å². The number of hydrogen-bond acceptors (Lipinski definition) is 12. The minimum Gasteiger partial charge on any atom is -0.497 e. The molecule has 364 valence electrons. The lowest BCUT2D eigenvalue weighted by atomic mass is 9.80. The van der Waals surface area contributed by atoms with E-state index in [-0.39, 0.29) is 44.0 Å². The Kier molecular flexibility index (Phi) is 16.3. The maximum Gasteiger partial charge on any atom is 0.351 e. The summed E-state index contributed by atoms with van der Waals surface area (Å²) in [6.45, 7) is 8.44. The monoisotopic (exact) mass is 1030 g/mol. The Morgan fingerprint density at radius 3 is 1.99 bits per heavy atom. The van der Waals surface area contributed by atoms with E-state index in [1.807, 2.05) is 115 Å². The van der Waals surface area contributed by atoms with Crippen molar-refractivity contribution < 1.29 is 37.5 Å². The highest BCUT2D eigenvalue weighted by Crippen LogP contribution is 2.58. The Balaban J connectivity index is 1.24. The summed E-state index contributed by atoms with van der Waals surface area (Å²) in [4.78, 5) is 31.6. The molecular formula is C54H57BrN5O9P. The highest BCUT2D eigenvalue weighted by Gasteiger charge is 2.64. The van der Waals surface area contributed by atoms with Crippen molar-refractivity contribution in [3.05, 3.63) is 188 Å². The Hall–Kier alpha value is -5.79. The predicted molar refractivity (Wildman–Crippen MR) is 270 cm³/mol. The molecule has 1 amide bonds. The van der Waals surface area contributed by atoms with Crippen molar-refractivity contribution in [1.82, 2.24) is 14.2 Å². The molecule has 2 aliphatic rings. The van der Waals surface area contributed by atoms with Gasteiger partial charge in [0.15, 0.2) is 5.82 Å². The second kappa shape index (κ2) is 22.5. The van der Waals surface area contributed by atoms with E-state index < -0.39 is 55.9 Å². The fourth-order valence-electron chi connectivity index (χ4n) is 9.37. The van der Waals surface area contributed by atoms with Crippen LogP contribution in [0.1, 0.15) is 79.4 Å². The number of nitrogens with zero attached hydrogens (tertiary/aromatic N) is 4. The molecule has 70 heavy (non-hydrogen) atoms. The minimum absolute atomic E-state index is 0.00961. The third-order valence-corrected chi connectivity index (χ3v) is 15.2. The molecule has 6 aromatic rings. The number of halogens is 1. The number of benzene rings is 5. The van der Waals surface area contributed by atoms with Gasteiger partial charge in [-0.2, -0.15) is 10.2 Å². The first-order valence-corrected chi connectivity index (χ1v) is 25.1. The van der Waals surface area contributed by atoms with E-state index in [2.05, 4.69) is 64.7 Å². The number of ether oxygens (including phenoxy) is 5. The van der Waals surface area contributed by atoms with Crippen molar-refractivity contribution in [2.45, 2.75) is 88.4 Å². The van der Waals surface area contributed by atoms with Crippen LogP contribution in [-0.2, 0) is 34.5 Å². The van der Waals surface area contributed by atoms with E-state index in [0.717, 1.165) is 22.3 Å². The van der Waals surface area contributed by atoms with Crippen LogP contribution in [0.25, 0.3) is 0 Å². The van der Waals surface area contributed by atoms with Crippen LogP contribution in [0, 0.1) is 11.3 Å². The van der Waals surface area contributed by atoms with Crippen LogP contribution in [0.5, 0.6) is 11.5 Å². The van der Waals surface area contributed by atoms with Crippen LogP contribution < -0.4 is 20.5 Å². The molecule has 0 bridgehead atoms. The second-order valence-electron chi connectivity index (χ2n) is 17.5. The molecule has 0 aliphatic carbocycles. The molecule has 0 saturated carbocycles. The van der Waals surface area contributed by atoms with E-state index >= 15 is 0 Å². The second-order valence-corrected chi connectivity index (χ2v) is 19.8. The number of fused-ring (bicyclic) bond motifs is 1. The van der Waals surface area contributed by atoms with Gasteiger partial charge in [0.2, 0.25) is 0 Å². The SMILES string of the molecule is COc1ccc(C(OC[C@H]2O[C@]3(c4ccccc4)C[C@@H](n4cc(Br)c(NC(=O)c5ccccc5)nc4=O)O[C@@H]3[C@@H]2OP(OCCC#N)N(C(C)C)C(C)C)(c2ccccc2)c2ccc(OC)cc2)cc1. The van der Waals surface area contributed by atoms with Crippen molar-refractivity contribution in [3.63, 3.8) is 0 Å². The lowest BCUT2D eigenvalue weighted by Crippen LogP contribution is -2.43. The van der Waals surface area contributed by atoms with Crippen LogP contribution in [0.2, 0.25) is 0 Å². The van der Waals surface area contributed by atoms with Crippen LogP contribution in [0.3, 0.4) is 0 Å². The van der Waals surface area contributed by atoms with Crippen molar-refractivity contribution in [2.24, 2.45) is 0 Å². The number of hydrogen-bond donors (Lipinski definition) is 1. The number of nitriles is 1. The molecule has 6 atom stereocenters. The van der Waals surface area contributed by atoms with Crippen molar-refractivity contribution in [2.75, 3.05) is 32.8 Å². The third kappa shape index (κ3) is 10.5. The molecule has 1 aromatic heterocycles. The maximum atomic E-state index is 14.1. The van der Waals surface area contributed by atoms with E-state index in [0.29, 0.717) is 21.5 Å². The average molecular weight is 1030 g/mol. The molecule has 2 aliphatic heterocycles. The summed E-state index contributed by atoms with van der Waals surface area (Å²) < 4.78 is 51.2. The zero-order valence-corrected chi connectivity index (χ0v) is 42.4. The fourth-order valence-corrected chi connectivity index (χ4v) is 11.5. The summed E-state index contributed by atoms with van der Waals surface area (Å²) >= 11 is 3.57. The Bertz CT molecular complexity index is 2730. The Morgan fingerprint density at radius 2 is 1.43 bits per heavy atom. The molecule has 1 unspecified atom stereocenters. The molecule has 0 spiro atoms. The van der Waals surface area contributed by atoms with Crippen molar-refractivity contribution >= 4 is 36.2 Å². The Labute approximate surface area is 418 Å². The zero-order valence-electron chi connectivity index (χ0n) is 39.9. The molecule has 16 heteroatoms. The standard InChI is InChI=1S/C54H57BrN5O9P/c1-36(2)60(37(3)4)70(66-32-16-31-56)69-48-46(35-65-54(40-21-14-9-15-22-40,41-23-27-43(63-5)28-24-41)42-25-29-44(64-6)30-26-42)68-53(39-19-12-8-13-20-39)33-47(67-49(48)53)59-34-45(55)50(58-52(59)62)57-51(61)38-17-10-7-11-18-38/h7-15,17-30,34,36-37,46-49H,16,32-33,35H2,1-6H3,(H,57,58,61,62)/t46-,47+,48-,49-,53+,70?/m1/s1. The van der Waals surface area contributed by atoms with E-state index in [1.54, 1.807) is 44.7 Å². The van der Waals surface area contributed by atoms with E-state index in [4.69, 9.17) is 32.7 Å². The summed E-state index contributed by atoms with van der Waals surface area (Å²) in [6, 6.07) is 46.3. The van der Waals surface area contributed by atoms with Crippen LogP contribution >= 0.6 is 24.5 Å². The molecule has 2 fully saturated rings. The number of methoxy groups -OCH3 is 2. The molecule has 3 heterocycles. The smallest absolute Gasteiger partial charge is 0.351 e. The molecule has 1 N–H and O–H groups in total. The maximum absolute atomic E-state index is 14.1. The number of carbonyl (C=O) groups excluding carboxylic acids is 1. The van der Waals surface area contributed by atoms with Gasteiger partial charge in [0.1, 0.15) is 47.2 Å². The van der Waals surface area contributed by atoms with E-state index in [1.165, 1.54) is 4.57 Å². The first-order valence-electron chi connectivity index (χ1n) is 23.2. The Morgan fingerprint density at radius 1 is 0.871 bits per heavy atom. The van der Waals surface area contributed by atoms with Crippen LogP contribution in [0.15, 0.2) is 155 Å². The van der Waals surface area contributed by atoms with Crippen LogP contribution in [-0.4, -0.2) is 78.0 Å². The number of rotatable bonds is 20. The molecule has 14 nitrogen and oxygen atoms in total. The summed E-state index contributed by atoms with van der Waals surface area (Å²) in [5.41, 5.74) is 0.725. The van der Waals surface area contributed by atoms with Crippen LogP contribution in [0.4, 0.5) is 5.82 Å². The first-order chi connectivity index (χ1) is 33.9. The molecular weight excluding hydrogens is 973 g/mol. The molecule has 8 rings (SSSR count). The van der Waals surface area contributed by atoms with Crippen molar-refractivity contribution in [1.29, 1.82) is 5.26 Å². The molecule has 2 saturated heterocycles. The average Bonchev–Trinajstić information content (AvgIpc) is 3.90. The summed E-state index contributed by atoms with van der Waals surface area (Å²) in [7, 11) is 1.42. The quantitative estimate of drug-likeness (QED) is 0.0439. The zero-order chi connectivity index (χ0) is 49.4. The molecule has 0 radical (unpaired) electrons. The normalized spacial score (nSPS) is 20.3. The molecule has 5 aromatic carbocycles. The first kappa shape index (κ1) is 50.6. The van der Waals surface area contributed by atoms with E-state index in [9.17, 15) is 14.9 Å². The van der Waals surface area contributed by atoms with Gasteiger partial charge in [-0.15, -0.1) is 0 Å². The third-order valence-electron chi connectivity index (χ3n) is 12.5. The lowest BCUT2D eigenvalue weighted by molar-refractivity contribution is -0.114. The topological polar surface area (TPSA) is 156 Å². The summed E-state index contributed by atoms with van der Waals surface area (Å²) in [5, 5.41) is 12.4. The van der Waals surface area contributed by atoms with Crippen molar-refractivity contribution in [3.8, 4) is 17.6 Å². The number of nitrogens with one attached hydrogen (secondary N) is 1.